The summed E-state index contributed by atoms with van der Waals surface area (Å²) in [4.78, 5) is 26.1. The van der Waals surface area contributed by atoms with E-state index in [2.05, 4.69) is 13.8 Å². The summed E-state index contributed by atoms with van der Waals surface area (Å²) in [6, 6.07) is 8.65. The summed E-state index contributed by atoms with van der Waals surface area (Å²) in [5.74, 6) is -0.0748. The molecule has 134 valence electrons. The van der Waals surface area contributed by atoms with Crippen LogP contribution in [0.15, 0.2) is 24.3 Å². The topological polar surface area (TPSA) is 79.6 Å². The summed E-state index contributed by atoms with van der Waals surface area (Å²) in [5.41, 5.74) is 0.332. The number of likely N-dealkylation sites (tertiary alicyclic amines) is 1. The van der Waals surface area contributed by atoms with Gasteiger partial charge in [-0.05, 0) is 64.3 Å². The van der Waals surface area contributed by atoms with Gasteiger partial charge in [-0.15, -0.1) is 0 Å². The van der Waals surface area contributed by atoms with Gasteiger partial charge in [0.25, 0.3) is 5.91 Å². The zero-order valence-electron chi connectivity index (χ0n) is 14.9. The Bertz CT molecular complexity index is 640. The lowest BCUT2D eigenvalue weighted by molar-refractivity contribution is -0.139. The van der Waals surface area contributed by atoms with Gasteiger partial charge in [-0.2, -0.15) is 5.26 Å². The Hall–Kier alpha value is -2.55. The third-order valence-electron chi connectivity index (χ3n) is 4.40. The van der Waals surface area contributed by atoms with Gasteiger partial charge >= 0.3 is 5.97 Å². The molecule has 3 unspecified atom stereocenters. The van der Waals surface area contributed by atoms with E-state index in [1.165, 1.54) is 6.92 Å². The molecule has 0 bridgehead atoms. The van der Waals surface area contributed by atoms with Crippen LogP contribution in [0.5, 0.6) is 5.75 Å². The zero-order chi connectivity index (χ0) is 18.4. The third-order valence-corrected chi connectivity index (χ3v) is 4.40. The van der Waals surface area contributed by atoms with Crippen molar-refractivity contribution in [3.63, 3.8) is 0 Å². The van der Waals surface area contributed by atoms with Crippen molar-refractivity contribution in [3.8, 4) is 11.8 Å². The van der Waals surface area contributed by atoms with Crippen molar-refractivity contribution in [2.24, 2.45) is 0 Å². The summed E-state index contributed by atoms with van der Waals surface area (Å²) >= 11 is 0. The van der Waals surface area contributed by atoms with Crippen LogP contribution in [-0.2, 0) is 9.53 Å². The van der Waals surface area contributed by atoms with E-state index in [4.69, 9.17) is 14.7 Å². The quantitative estimate of drug-likeness (QED) is 0.767. The number of carbonyl (C=O) groups is 2. The Morgan fingerprint density at radius 2 is 1.84 bits per heavy atom. The van der Waals surface area contributed by atoms with Crippen LogP contribution in [0.3, 0.4) is 0 Å². The number of piperidine rings is 1. The van der Waals surface area contributed by atoms with Crippen molar-refractivity contribution < 1.29 is 19.1 Å². The van der Waals surface area contributed by atoms with Gasteiger partial charge in [0, 0.05) is 12.1 Å². The third kappa shape index (κ3) is 4.96. The first-order valence-corrected chi connectivity index (χ1v) is 8.57. The molecule has 0 saturated carbocycles. The summed E-state index contributed by atoms with van der Waals surface area (Å²) in [7, 11) is 0. The lowest BCUT2D eigenvalue weighted by Gasteiger charge is -2.38. The molecular formula is C19H24N2O4. The van der Waals surface area contributed by atoms with Crippen LogP contribution in [0.2, 0.25) is 0 Å². The molecule has 1 aromatic rings. The number of rotatable bonds is 5. The number of nitrogens with zero attached hydrogens (tertiary/aromatic N) is 2. The fraction of sp³-hybridized carbons (Fsp3) is 0.526. The van der Waals surface area contributed by atoms with Gasteiger partial charge in [-0.25, -0.2) is 4.79 Å². The molecule has 6 nitrogen and oxygen atoms in total. The number of hydrogen-bond acceptors (Lipinski definition) is 5. The summed E-state index contributed by atoms with van der Waals surface area (Å²) in [5, 5.41) is 8.66. The summed E-state index contributed by atoms with van der Waals surface area (Å²) in [6.45, 7) is 5.61. The number of esters is 1. The van der Waals surface area contributed by atoms with Crippen molar-refractivity contribution in [1.82, 2.24) is 4.90 Å². The van der Waals surface area contributed by atoms with Crippen molar-refractivity contribution in [1.29, 1.82) is 5.26 Å². The van der Waals surface area contributed by atoms with Crippen molar-refractivity contribution in [2.45, 2.75) is 58.2 Å². The number of hydrogen-bond donors (Lipinski definition) is 0. The van der Waals surface area contributed by atoms with Crippen molar-refractivity contribution in [3.05, 3.63) is 29.8 Å². The van der Waals surface area contributed by atoms with Crippen LogP contribution < -0.4 is 4.74 Å². The van der Waals surface area contributed by atoms with Crippen LogP contribution in [0, 0.1) is 11.3 Å². The van der Waals surface area contributed by atoms with E-state index < -0.39 is 12.1 Å². The Morgan fingerprint density at radius 1 is 1.24 bits per heavy atom. The molecule has 1 aromatic carbocycles. The molecule has 1 saturated heterocycles. The average Bonchev–Trinajstić information content (AvgIpc) is 2.60. The maximum atomic E-state index is 12.4. The van der Waals surface area contributed by atoms with Gasteiger partial charge in [0.15, 0.2) is 12.7 Å². The standard InChI is InChI=1S/C19H24N2O4/c1-13-5-4-6-14(2)21(13)18(22)12-24-17-9-7-16(8-10-17)19(23)25-15(3)11-20/h7-10,13-15H,4-6,12H2,1-3H3. The van der Waals surface area contributed by atoms with Gasteiger partial charge in [0.1, 0.15) is 11.8 Å². The molecule has 0 N–H and O–H groups in total. The van der Waals surface area contributed by atoms with Crippen LogP contribution >= 0.6 is 0 Å². The zero-order valence-corrected chi connectivity index (χ0v) is 14.9. The van der Waals surface area contributed by atoms with Gasteiger partial charge < -0.3 is 14.4 Å². The maximum Gasteiger partial charge on any atom is 0.339 e. The lowest BCUT2D eigenvalue weighted by Crippen LogP contribution is -2.49. The van der Waals surface area contributed by atoms with Crippen molar-refractivity contribution in [2.75, 3.05) is 6.61 Å². The minimum atomic E-state index is -0.797. The Balaban J connectivity index is 1.90. The molecule has 2 rings (SSSR count). The second kappa shape index (κ2) is 8.52. The number of amides is 1. The molecule has 1 fully saturated rings. The second-order valence-corrected chi connectivity index (χ2v) is 6.42. The Kier molecular flexibility index (Phi) is 6.40. The number of nitriles is 1. The van der Waals surface area contributed by atoms with E-state index in [1.807, 2.05) is 11.0 Å². The fourth-order valence-corrected chi connectivity index (χ4v) is 3.07. The Labute approximate surface area is 148 Å². The van der Waals surface area contributed by atoms with Crippen LogP contribution in [0.25, 0.3) is 0 Å². The SMILES string of the molecule is CC(C#N)OC(=O)c1ccc(OCC(=O)N2C(C)CCCC2C)cc1. The van der Waals surface area contributed by atoms with E-state index in [1.54, 1.807) is 24.3 Å². The fourth-order valence-electron chi connectivity index (χ4n) is 3.07. The van der Waals surface area contributed by atoms with Gasteiger partial charge in [-0.3, -0.25) is 4.79 Å². The highest BCUT2D eigenvalue weighted by atomic mass is 16.5. The largest absolute Gasteiger partial charge is 0.484 e. The minimum Gasteiger partial charge on any atom is -0.484 e. The predicted molar refractivity (Wildman–Crippen MR) is 92.0 cm³/mol. The lowest BCUT2D eigenvalue weighted by atomic mass is 9.97. The highest BCUT2D eigenvalue weighted by molar-refractivity contribution is 5.89. The maximum absolute atomic E-state index is 12.4. The average molecular weight is 344 g/mol. The Morgan fingerprint density at radius 3 is 2.40 bits per heavy atom. The number of ether oxygens (including phenoxy) is 2. The normalized spacial score (nSPS) is 21.1. The highest BCUT2D eigenvalue weighted by Gasteiger charge is 2.28. The van der Waals surface area contributed by atoms with Gasteiger partial charge in [0.05, 0.1) is 5.56 Å². The minimum absolute atomic E-state index is 0.0222. The molecule has 1 aliphatic heterocycles. The number of carbonyl (C=O) groups excluding carboxylic acids is 2. The molecule has 0 radical (unpaired) electrons. The summed E-state index contributed by atoms with van der Waals surface area (Å²) in [6.07, 6.45) is 2.39. The van der Waals surface area contributed by atoms with E-state index in [0.717, 1.165) is 19.3 Å². The molecule has 25 heavy (non-hydrogen) atoms. The first-order valence-electron chi connectivity index (χ1n) is 8.57. The molecule has 6 heteroatoms. The van der Waals surface area contributed by atoms with Gasteiger partial charge in [-0.1, -0.05) is 0 Å². The first-order chi connectivity index (χ1) is 11.9. The number of benzene rings is 1. The smallest absolute Gasteiger partial charge is 0.339 e. The molecule has 1 amide bonds. The van der Waals surface area contributed by atoms with Crippen LogP contribution in [-0.4, -0.2) is 41.6 Å². The molecule has 3 atom stereocenters. The van der Waals surface area contributed by atoms with E-state index in [0.29, 0.717) is 11.3 Å². The van der Waals surface area contributed by atoms with Crippen LogP contribution in [0.1, 0.15) is 50.4 Å². The molecule has 0 spiro atoms. The predicted octanol–water partition coefficient (Wildman–Crippen LogP) is 2.92. The van der Waals surface area contributed by atoms with E-state index in [9.17, 15) is 9.59 Å². The highest BCUT2D eigenvalue weighted by Crippen LogP contribution is 2.23. The summed E-state index contributed by atoms with van der Waals surface area (Å²) < 4.78 is 10.5. The van der Waals surface area contributed by atoms with Gasteiger partial charge in [0.2, 0.25) is 0 Å². The van der Waals surface area contributed by atoms with Crippen molar-refractivity contribution >= 4 is 11.9 Å². The monoisotopic (exact) mass is 344 g/mol. The molecular weight excluding hydrogens is 320 g/mol. The molecule has 0 aromatic heterocycles. The van der Waals surface area contributed by atoms with E-state index in [-0.39, 0.29) is 24.6 Å². The molecule has 1 heterocycles. The van der Waals surface area contributed by atoms with E-state index >= 15 is 0 Å². The van der Waals surface area contributed by atoms with Crippen LogP contribution in [0.4, 0.5) is 0 Å². The molecule has 1 aliphatic rings. The molecule has 0 aliphatic carbocycles. The first kappa shape index (κ1) is 18.8. The second-order valence-electron chi connectivity index (χ2n) is 6.42.